The van der Waals surface area contributed by atoms with Gasteiger partial charge in [0.15, 0.2) is 0 Å². The molecule has 2 aromatic rings. The van der Waals surface area contributed by atoms with E-state index >= 15 is 0 Å². The Morgan fingerprint density at radius 1 is 0.957 bits per heavy atom. The first-order valence-corrected chi connectivity index (χ1v) is 8.23. The highest BCUT2D eigenvalue weighted by Gasteiger charge is 2.24. The van der Waals surface area contributed by atoms with Gasteiger partial charge in [-0.2, -0.15) is 0 Å². The number of ether oxygens (including phenoxy) is 3. The Morgan fingerprint density at radius 2 is 1.74 bits per heavy atom. The summed E-state index contributed by atoms with van der Waals surface area (Å²) in [5.74, 6) is 2.55. The van der Waals surface area contributed by atoms with Gasteiger partial charge >= 0.3 is 0 Å². The van der Waals surface area contributed by atoms with E-state index in [4.69, 9.17) is 14.2 Å². The van der Waals surface area contributed by atoms with Crippen LogP contribution in [-0.4, -0.2) is 26.2 Å². The lowest BCUT2D eigenvalue weighted by atomic mass is 10.1. The first-order chi connectivity index (χ1) is 11.2. The molecule has 4 nitrogen and oxygen atoms in total. The van der Waals surface area contributed by atoms with Crippen LogP contribution in [0, 0.1) is 0 Å². The summed E-state index contributed by atoms with van der Waals surface area (Å²) in [5, 5.41) is 0. The van der Waals surface area contributed by atoms with Crippen LogP contribution in [-0.2, 0) is 19.6 Å². The van der Waals surface area contributed by atoms with E-state index in [2.05, 4.69) is 33.0 Å². The van der Waals surface area contributed by atoms with E-state index in [1.807, 2.05) is 18.2 Å². The predicted molar refractivity (Wildman–Crippen MR) is 93.2 cm³/mol. The third kappa shape index (κ3) is 3.16. The Bertz CT molecular complexity index is 718. The summed E-state index contributed by atoms with van der Waals surface area (Å²) in [4.78, 5) is 2.39. The fourth-order valence-corrected chi connectivity index (χ4v) is 3.65. The standard InChI is InChI=1S/C18H20BrNO3/c1-21-14-6-4-13(17(8-14)23-3)10-20-9-12-5-7-16(22-2)18(19)15(12)11-20/h4-8H,9-11H2,1-3H3. The molecule has 1 aliphatic rings. The largest absolute Gasteiger partial charge is 0.497 e. The van der Waals surface area contributed by atoms with Gasteiger partial charge in [-0.25, -0.2) is 0 Å². The zero-order valence-electron chi connectivity index (χ0n) is 13.6. The minimum Gasteiger partial charge on any atom is -0.497 e. The molecule has 0 fully saturated rings. The van der Waals surface area contributed by atoms with Crippen LogP contribution in [0.4, 0.5) is 0 Å². The van der Waals surface area contributed by atoms with Gasteiger partial charge in [-0.05, 0) is 39.2 Å². The summed E-state index contributed by atoms with van der Waals surface area (Å²) in [5.41, 5.74) is 3.80. The van der Waals surface area contributed by atoms with Crippen LogP contribution in [0.5, 0.6) is 17.2 Å². The fraction of sp³-hybridized carbons (Fsp3) is 0.333. The lowest BCUT2D eigenvalue weighted by molar-refractivity contribution is 0.269. The lowest BCUT2D eigenvalue weighted by Crippen LogP contribution is -2.16. The third-order valence-corrected chi connectivity index (χ3v) is 5.06. The van der Waals surface area contributed by atoms with Crippen molar-refractivity contribution in [2.75, 3.05) is 21.3 Å². The lowest BCUT2D eigenvalue weighted by Gasteiger charge is -2.17. The highest BCUT2D eigenvalue weighted by molar-refractivity contribution is 9.10. The molecule has 0 radical (unpaired) electrons. The Balaban J connectivity index is 1.80. The number of rotatable bonds is 5. The maximum atomic E-state index is 5.50. The van der Waals surface area contributed by atoms with Gasteiger partial charge < -0.3 is 14.2 Å². The Hall–Kier alpha value is -1.72. The van der Waals surface area contributed by atoms with Gasteiger partial charge in [0.2, 0.25) is 0 Å². The summed E-state index contributed by atoms with van der Waals surface area (Å²) >= 11 is 3.66. The number of hydrogen-bond donors (Lipinski definition) is 0. The minimum absolute atomic E-state index is 0.808. The molecule has 5 heteroatoms. The molecule has 0 spiro atoms. The van der Waals surface area contributed by atoms with Gasteiger partial charge in [0, 0.05) is 31.3 Å². The quantitative estimate of drug-likeness (QED) is 0.787. The molecule has 23 heavy (non-hydrogen) atoms. The van der Waals surface area contributed by atoms with Gasteiger partial charge in [-0.3, -0.25) is 4.90 Å². The van der Waals surface area contributed by atoms with Crippen molar-refractivity contribution in [2.45, 2.75) is 19.6 Å². The molecule has 1 aliphatic heterocycles. The molecular weight excluding hydrogens is 358 g/mol. The second-order valence-electron chi connectivity index (χ2n) is 5.54. The number of nitrogens with zero attached hydrogens (tertiary/aromatic N) is 1. The summed E-state index contributed by atoms with van der Waals surface area (Å²) in [6.07, 6.45) is 0. The Kier molecular flexibility index (Phi) is 4.78. The van der Waals surface area contributed by atoms with Crippen LogP contribution in [0.25, 0.3) is 0 Å². The van der Waals surface area contributed by atoms with Crippen LogP contribution in [0.2, 0.25) is 0 Å². The Labute approximate surface area is 145 Å². The van der Waals surface area contributed by atoms with Gasteiger partial charge in [-0.1, -0.05) is 12.1 Å². The molecule has 0 saturated carbocycles. The van der Waals surface area contributed by atoms with E-state index in [0.717, 1.165) is 46.9 Å². The van der Waals surface area contributed by atoms with Crippen molar-refractivity contribution < 1.29 is 14.2 Å². The summed E-state index contributed by atoms with van der Waals surface area (Å²) in [7, 11) is 5.05. The van der Waals surface area contributed by atoms with Crippen LogP contribution < -0.4 is 14.2 Å². The summed E-state index contributed by atoms with van der Waals surface area (Å²) in [6, 6.07) is 10.1. The van der Waals surface area contributed by atoms with E-state index in [9.17, 15) is 0 Å². The first-order valence-electron chi connectivity index (χ1n) is 7.43. The van der Waals surface area contributed by atoms with Crippen molar-refractivity contribution in [1.82, 2.24) is 4.90 Å². The fourth-order valence-electron chi connectivity index (χ4n) is 2.97. The number of halogens is 1. The molecule has 0 saturated heterocycles. The van der Waals surface area contributed by atoms with Crippen LogP contribution in [0.15, 0.2) is 34.8 Å². The monoisotopic (exact) mass is 377 g/mol. The van der Waals surface area contributed by atoms with Gasteiger partial charge in [-0.15, -0.1) is 0 Å². The molecule has 0 unspecified atom stereocenters. The zero-order chi connectivity index (χ0) is 16.4. The van der Waals surface area contributed by atoms with Crippen molar-refractivity contribution in [3.05, 3.63) is 51.5 Å². The average Bonchev–Trinajstić information content (AvgIpc) is 2.99. The molecule has 0 amide bonds. The number of hydrogen-bond acceptors (Lipinski definition) is 4. The molecule has 0 N–H and O–H groups in total. The van der Waals surface area contributed by atoms with Crippen molar-refractivity contribution in [2.24, 2.45) is 0 Å². The minimum atomic E-state index is 0.808. The van der Waals surface area contributed by atoms with Crippen molar-refractivity contribution in [3.63, 3.8) is 0 Å². The van der Waals surface area contributed by atoms with Crippen molar-refractivity contribution in [1.29, 1.82) is 0 Å². The van der Waals surface area contributed by atoms with E-state index in [1.165, 1.54) is 11.1 Å². The molecular formula is C18H20BrNO3. The van der Waals surface area contributed by atoms with Crippen molar-refractivity contribution >= 4 is 15.9 Å². The van der Waals surface area contributed by atoms with Gasteiger partial charge in [0.1, 0.15) is 17.2 Å². The normalized spacial score (nSPS) is 13.7. The van der Waals surface area contributed by atoms with E-state index in [1.54, 1.807) is 21.3 Å². The maximum Gasteiger partial charge on any atom is 0.133 e. The summed E-state index contributed by atoms with van der Waals surface area (Å²) in [6.45, 7) is 2.64. The van der Waals surface area contributed by atoms with E-state index < -0.39 is 0 Å². The summed E-state index contributed by atoms with van der Waals surface area (Å²) < 4.78 is 17.2. The second kappa shape index (κ2) is 6.81. The number of benzene rings is 2. The maximum absolute atomic E-state index is 5.50. The number of fused-ring (bicyclic) bond motifs is 1. The number of methoxy groups -OCH3 is 3. The molecule has 122 valence electrons. The van der Waals surface area contributed by atoms with E-state index in [0.29, 0.717) is 0 Å². The zero-order valence-corrected chi connectivity index (χ0v) is 15.1. The molecule has 1 heterocycles. The topological polar surface area (TPSA) is 30.9 Å². The van der Waals surface area contributed by atoms with Gasteiger partial charge in [0.25, 0.3) is 0 Å². The molecule has 0 atom stereocenters. The Morgan fingerprint density at radius 3 is 2.43 bits per heavy atom. The highest BCUT2D eigenvalue weighted by atomic mass is 79.9. The molecule has 0 aliphatic carbocycles. The first kappa shape index (κ1) is 16.1. The molecule has 0 aromatic heterocycles. The van der Waals surface area contributed by atoms with E-state index in [-0.39, 0.29) is 0 Å². The van der Waals surface area contributed by atoms with Crippen LogP contribution in [0.1, 0.15) is 16.7 Å². The second-order valence-corrected chi connectivity index (χ2v) is 6.34. The van der Waals surface area contributed by atoms with Crippen molar-refractivity contribution in [3.8, 4) is 17.2 Å². The predicted octanol–water partition coefficient (Wildman–Crippen LogP) is 3.99. The SMILES string of the molecule is COc1ccc(CN2Cc3ccc(OC)c(Br)c3C2)c(OC)c1. The van der Waals surface area contributed by atoms with Gasteiger partial charge in [0.05, 0.1) is 25.8 Å². The smallest absolute Gasteiger partial charge is 0.133 e. The van der Waals surface area contributed by atoms with Crippen LogP contribution >= 0.6 is 15.9 Å². The molecule has 0 bridgehead atoms. The van der Waals surface area contributed by atoms with Crippen LogP contribution in [0.3, 0.4) is 0 Å². The highest BCUT2D eigenvalue weighted by Crippen LogP contribution is 2.37. The molecule has 3 rings (SSSR count). The molecule has 2 aromatic carbocycles. The average molecular weight is 378 g/mol. The third-order valence-electron chi connectivity index (χ3n) is 4.19.